The average Bonchev–Trinajstić information content (AvgIpc) is 2.23. The van der Waals surface area contributed by atoms with Gasteiger partial charge in [0.15, 0.2) is 6.10 Å². The summed E-state index contributed by atoms with van der Waals surface area (Å²) in [6.07, 6.45) is -6.35. The first-order chi connectivity index (χ1) is 8.92. The Kier molecular flexibility index (Phi) is 4.67. The Morgan fingerprint density at radius 2 is 1.95 bits per heavy atom. The number of amides is 1. The highest BCUT2D eigenvalue weighted by atomic mass is 35.5. The molecule has 1 unspecified atom stereocenters. The van der Waals surface area contributed by atoms with Gasteiger partial charge in [-0.1, -0.05) is 17.7 Å². The zero-order valence-corrected chi connectivity index (χ0v) is 11.5. The van der Waals surface area contributed by atoms with Crippen molar-refractivity contribution in [2.75, 3.05) is 6.26 Å². The SMILES string of the molecule is CS(=O)(=O)OC(C(N)=O)c1ccc(Cl)cc1C(F)(F)F. The molecule has 1 rings (SSSR count). The van der Waals surface area contributed by atoms with Gasteiger partial charge in [0.25, 0.3) is 16.0 Å². The molecule has 0 saturated carbocycles. The maximum atomic E-state index is 12.9. The summed E-state index contributed by atoms with van der Waals surface area (Å²) < 4.78 is 64.9. The highest BCUT2D eigenvalue weighted by molar-refractivity contribution is 7.86. The summed E-state index contributed by atoms with van der Waals surface area (Å²) in [4.78, 5) is 11.2. The minimum atomic E-state index is -4.85. The van der Waals surface area contributed by atoms with Crippen molar-refractivity contribution >= 4 is 27.6 Å². The van der Waals surface area contributed by atoms with Gasteiger partial charge in [-0.25, -0.2) is 0 Å². The minimum Gasteiger partial charge on any atom is -0.367 e. The van der Waals surface area contributed by atoms with Gasteiger partial charge in [-0.05, 0) is 12.1 Å². The van der Waals surface area contributed by atoms with E-state index >= 15 is 0 Å². The minimum absolute atomic E-state index is 0.233. The van der Waals surface area contributed by atoms with Crippen LogP contribution in [0.1, 0.15) is 17.2 Å². The number of hydrogen-bond donors (Lipinski definition) is 1. The van der Waals surface area contributed by atoms with Crippen molar-refractivity contribution in [3.8, 4) is 0 Å². The van der Waals surface area contributed by atoms with Gasteiger partial charge in [0.05, 0.1) is 11.8 Å². The molecule has 0 aliphatic rings. The predicted octanol–water partition coefficient (Wildman–Crippen LogP) is 1.86. The zero-order chi connectivity index (χ0) is 15.7. The van der Waals surface area contributed by atoms with Gasteiger partial charge in [-0.15, -0.1) is 0 Å². The van der Waals surface area contributed by atoms with Crippen LogP contribution in [0.25, 0.3) is 0 Å². The number of primary amides is 1. The van der Waals surface area contributed by atoms with E-state index in [4.69, 9.17) is 17.3 Å². The molecule has 1 atom stereocenters. The summed E-state index contributed by atoms with van der Waals surface area (Å²) in [5.41, 5.74) is 2.88. The Morgan fingerprint density at radius 3 is 2.35 bits per heavy atom. The fourth-order valence-corrected chi connectivity index (χ4v) is 2.15. The molecule has 2 N–H and O–H groups in total. The molecule has 5 nitrogen and oxygen atoms in total. The summed E-state index contributed by atoms with van der Waals surface area (Å²) in [5.74, 6) is -1.37. The van der Waals surface area contributed by atoms with E-state index in [-0.39, 0.29) is 5.02 Å². The lowest BCUT2D eigenvalue weighted by atomic mass is 10.0. The lowest BCUT2D eigenvalue weighted by Gasteiger charge is -2.18. The molecule has 1 amide bonds. The number of carbonyl (C=O) groups excluding carboxylic acids is 1. The van der Waals surface area contributed by atoms with Crippen LogP contribution in [0.4, 0.5) is 13.2 Å². The first kappa shape index (κ1) is 16.7. The van der Waals surface area contributed by atoms with Crippen molar-refractivity contribution in [3.63, 3.8) is 0 Å². The molecule has 0 bridgehead atoms. The molecule has 0 aliphatic heterocycles. The zero-order valence-electron chi connectivity index (χ0n) is 9.94. The van der Waals surface area contributed by atoms with E-state index < -0.39 is 39.4 Å². The van der Waals surface area contributed by atoms with Crippen LogP contribution in [0.5, 0.6) is 0 Å². The largest absolute Gasteiger partial charge is 0.416 e. The van der Waals surface area contributed by atoms with E-state index in [0.29, 0.717) is 12.3 Å². The molecular weight excluding hydrogens is 323 g/mol. The fraction of sp³-hybridized carbons (Fsp3) is 0.300. The quantitative estimate of drug-likeness (QED) is 0.853. The van der Waals surface area contributed by atoms with Crippen molar-refractivity contribution in [2.45, 2.75) is 12.3 Å². The van der Waals surface area contributed by atoms with Gasteiger partial charge in [-0.3, -0.25) is 8.98 Å². The van der Waals surface area contributed by atoms with Gasteiger partial charge in [0, 0.05) is 10.6 Å². The van der Waals surface area contributed by atoms with E-state index in [2.05, 4.69) is 4.18 Å². The normalized spacial score (nSPS) is 14.1. The smallest absolute Gasteiger partial charge is 0.367 e. The molecule has 1 aromatic carbocycles. The fourth-order valence-electron chi connectivity index (χ4n) is 1.43. The second-order valence-electron chi connectivity index (χ2n) is 3.81. The molecular formula is C10H9ClF3NO4S. The second kappa shape index (κ2) is 5.58. The maximum absolute atomic E-state index is 12.9. The van der Waals surface area contributed by atoms with Crippen LogP contribution in [0.2, 0.25) is 5.02 Å². The maximum Gasteiger partial charge on any atom is 0.416 e. The van der Waals surface area contributed by atoms with Crippen LogP contribution in [-0.4, -0.2) is 20.6 Å². The summed E-state index contributed by atoms with van der Waals surface area (Å²) in [7, 11) is -4.19. The van der Waals surface area contributed by atoms with Crippen LogP contribution in [0, 0.1) is 0 Å². The third-order valence-electron chi connectivity index (χ3n) is 2.13. The summed E-state index contributed by atoms with van der Waals surface area (Å²) in [5, 5.41) is -0.233. The summed E-state index contributed by atoms with van der Waals surface area (Å²) >= 11 is 5.46. The Morgan fingerprint density at radius 1 is 1.40 bits per heavy atom. The number of benzene rings is 1. The number of alkyl halides is 3. The Balaban J connectivity index is 3.45. The van der Waals surface area contributed by atoms with E-state index in [9.17, 15) is 26.4 Å². The van der Waals surface area contributed by atoms with Crippen molar-refractivity contribution < 1.29 is 30.6 Å². The molecule has 20 heavy (non-hydrogen) atoms. The Labute approximate surface area is 117 Å². The van der Waals surface area contributed by atoms with Crippen molar-refractivity contribution in [2.24, 2.45) is 5.73 Å². The Hall–Kier alpha value is -1.32. The lowest BCUT2D eigenvalue weighted by molar-refractivity contribution is -0.139. The molecule has 0 fully saturated rings. The van der Waals surface area contributed by atoms with Crippen LogP contribution < -0.4 is 5.73 Å². The second-order valence-corrected chi connectivity index (χ2v) is 5.85. The first-order valence-electron chi connectivity index (χ1n) is 4.96. The molecule has 1 aromatic rings. The van der Waals surface area contributed by atoms with Gasteiger partial charge in [0.1, 0.15) is 0 Å². The van der Waals surface area contributed by atoms with E-state index in [1.54, 1.807) is 0 Å². The molecule has 0 aromatic heterocycles. The molecule has 0 radical (unpaired) electrons. The summed E-state index contributed by atoms with van der Waals surface area (Å²) in [6.45, 7) is 0. The molecule has 112 valence electrons. The number of nitrogens with two attached hydrogens (primary N) is 1. The number of halogens is 4. The number of rotatable bonds is 4. The van der Waals surface area contributed by atoms with Crippen LogP contribution in [0.3, 0.4) is 0 Å². The van der Waals surface area contributed by atoms with Crippen molar-refractivity contribution in [3.05, 3.63) is 34.3 Å². The number of hydrogen-bond acceptors (Lipinski definition) is 4. The molecule has 0 spiro atoms. The lowest BCUT2D eigenvalue weighted by Crippen LogP contribution is -2.28. The average molecular weight is 332 g/mol. The molecule has 0 heterocycles. The van der Waals surface area contributed by atoms with E-state index in [0.717, 1.165) is 12.1 Å². The van der Waals surface area contributed by atoms with Gasteiger partial charge in [-0.2, -0.15) is 21.6 Å². The third kappa shape index (κ3) is 4.36. The molecule has 0 aliphatic carbocycles. The van der Waals surface area contributed by atoms with Gasteiger partial charge >= 0.3 is 6.18 Å². The summed E-state index contributed by atoms with van der Waals surface area (Å²) in [6, 6.07) is 2.46. The first-order valence-corrected chi connectivity index (χ1v) is 7.15. The van der Waals surface area contributed by atoms with Crippen molar-refractivity contribution in [1.29, 1.82) is 0 Å². The van der Waals surface area contributed by atoms with Gasteiger partial charge < -0.3 is 5.73 Å². The predicted molar refractivity (Wildman–Crippen MR) is 64.3 cm³/mol. The van der Waals surface area contributed by atoms with Crippen LogP contribution in [-0.2, 0) is 25.3 Å². The van der Waals surface area contributed by atoms with Crippen LogP contribution >= 0.6 is 11.6 Å². The molecule has 0 saturated heterocycles. The molecule has 10 heteroatoms. The highest BCUT2D eigenvalue weighted by Crippen LogP contribution is 2.37. The van der Waals surface area contributed by atoms with Gasteiger partial charge in [0.2, 0.25) is 0 Å². The third-order valence-corrected chi connectivity index (χ3v) is 2.91. The van der Waals surface area contributed by atoms with E-state index in [1.165, 1.54) is 0 Å². The highest BCUT2D eigenvalue weighted by Gasteiger charge is 2.38. The Bertz CT molecular complexity index is 630. The number of carbonyl (C=O) groups is 1. The van der Waals surface area contributed by atoms with Crippen molar-refractivity contribution in [1.82, 2.24) is 0 Å². The van der Waals surface area contributed by atoms with Crippen LogP contribution in [0.15, 0.2) is 18.2 Å². The topological polar surface area (TPSA) is 86.5 Å². The monoisotopic (exact) mass is 331 g/mol. The standard InChI is InChI=1S/C10H9ClF3NO4S/c1-20(17,18)19-8(9(15)16)6-3-2-5(11)4-7(6)10(12,13)14/h2-4,8H,1H3,(H2,15,16). The van der Waals surface area contributed by atoms with E-state index in [1.807, 2.05) is 0 Å².